The average molecular weight is 372 g/mol. The van der Waals surface area contributed by atoms with Crippen LogP contribution in [0.3, 0.4) is 0 Å². The molecule has 2 aromatic rings. The molecule has 0 atom stereocenters. The standard InChI is InChI=1S/C12H14BrN5O2S/c1-7-3-9(17-14)4-8(2)12(7)21(19,20)18-11-6-15-10(13)5-16-11/h3-6,17H,14H2,1-2H3,(H,16,18). The lowest BCUT2D eigenvalue weighted by Crippen LogP contribution is -2.17. The SMILES string of the molecule is Cc1cc(NN)cc(C)c1S(=O)(=O)Nc1cnc(Br)cn1. The molecule has 21 heavy (non-hydrogen) atoms. The van der Waals surface area contributed by atoms with E-state index >= 15 is 0 Å². The van der Waals surface area contributed by atoms with Crippen LogP contribution in [-0.2, 0) is 10.0 Å². The van der Waals surface area contributed by atoms with Crippen LogP contribution >= 0.6 is 15.9 Å². The number of aryl methyl sites for hydroxylation is 2. The Morgan fingerprint density at radius 1 is 1.14 bits per heavy atom. The monoisotopic (exact) mass is 371 g/mol. The number of sulfonamides is 1. The van der Waals surface area contributed by atoms with Crippen molar-refractivity contribution in [3.63, 3.8) is 0 Å². The van der Waals surface area contributed by atoms with Crippen molar-refractivity contribution in [3.05, 3.63) is 40.3 Å². The van der Waals surface area contributed by atoms with Crippen molar-refractivity contribution in [1.82, 2.24) is 9.97 Å². The Kier molecular flexibility index (Phi) is 4.45. The number of rotatable bonds is 4. The fourth-order valence-corrected chi connectivity index (χ4v) is 3.66. The van der Waals surface area contributed by atoms with Gasteiger partial charge in [0.1, 0.15) is 4.60 Å². The van der Waals surface area contributed by atoms with E-state index in [1.165, 1.54) is 12.4 Å². The number of anilines is 2. The van der Waals surface area contributed by atoms with Crippen LogP contribution in [-0.4, -0.2) is 18.4 Å². The highest BCUT2D eigenvalue weighted by Crippen LogP contribution is 2.25. The molecular formula is C12H14BrN5O2S. The van der Waals surface area contributed by atoms with E-state index in [-0.39, 0.29) is 10.7 Å². The van der Waals surface area contributed by atoms with Crippen LogP contribution in [0.5, 0.6) is 0 Å². The molecule has 4 N–H and O–H groups in total. The Hall–Kier alpha value is -1.71. The molecule has 9 heteroatoms. The number of aromatic nitrogens is 2. The Morgan fingerprint density at radius 3 is 2.24 bits per heavy atom. The third-order valence-corrected chi connectivity index (χ3v) is 4.82. The Bertz CT molecular complexity index is 739. The summed E-state index contributed by atoms with van der Waals surface area (Å²) in [6, 6.07) is 3.32. The number of hydrogen-bond acceptors (Lipinski definition) is 6. The average Bonchev–Trinajstić information content (AvgIpc) is 2.39. The molecule has 0 fully saturated rings. The molecule has 2 rings (SSSR count). The van der Waals surface area contributed by atoms with Gasteiger partial charge in [-0.15, -0.1) is 0 Å². The van der Waals surface area contributed by atoms with E-state index in [0.717, 1.165) is 0 Å². The Balaban J connectivity index is 2.42. The van der Waals surface area contributed by atoms with E-state index in [1.807, 2.05) is 0 Å². The van der Waals surface area contributed by atoms with Gasteiger partial charge in [0, 0.05) is 5.69 Å². The van der Waals surface area contributed by atoms with E-state index in [0.29, 0.717) is 21.4 Å². The lowest BCUT2D eigenvalue weighted by atomic mass is 10.1. The van der Waals surface area contributed by atoms with E-state index in [1.54, 1.807) is 26.0 Å². The maximum Gasteiger partial charge on any atom is 0.263 e. The normalized spacial score (nSPS) is 11.2. The number of nitrogens with one attached hydrogen (secondary N) is 2. The topological polar surface area (TPSA) is 110 Å². The molecule has 0 aliphatic rings. The summed E-state index contributed by atoms with van der Waals surface area (Å²) in [5, 5.41) is 0. The number of hydrogen-bond donors (Lipinski definition) is 3. The van der Waals surface area contributed by atoms with Crippen LogP contribution in [0.2, 0.25) is 0 Å². The summed E-state index contributed by atoms with van der Waals surface area (Å²) < 4.78 is 27.9. The molecule has 112 valence electrons. The molecule has 0 saturated heterocycles. The van der Waals surface area contributed by atoms with E-state index in [4.69, 9.17) is 5.84 Å². The van der Waals surface area contributed by atoms with Crippen molar-refractivity contribution in [2.75, 3.05) is 10.1 Å². The Labute approximate surface area is 131 Å². The van der Waals surface area contributed by atoms with Gasteiger partial charge in [0.25, 0.3) is 10.0 Å². The second-order valence-corrected chi connectivity index (χ2v) is 6.85. The first kappa shape index (κ1) is 15.7. The number of benzene rings is 1. The number of hydrazine groups is 1. The predicted molar refractivity (Wildman–Crippen MR) is 84.3 cm³/mol. The van der Waals surface area contributed by atoms with Crippen molar-refractivity contribution in [2.45, 2.75) is 18.7 Å². The smallest absolute Gasteiger partial charge is 0.263 e. The van der Waals surface area contributed by atoms with Gasteiger partial charge >= 0.3 is 0 Å². The fourth-order valence-electron chi connectivity index (χ4n) is 2.01. The molecule has 1 aromatic carbocycles. The van der Waals surface area contributed by atoms with Crippen LogP contribution in [0.15, 0.2) is 34.0 Å². The van der Waals surface area contributed by atoms with Crippen molar-refractivity contribution >= 4 is 37.5 Å². The highest BCUT2D eigenvalue weighted by Gasteiger charge is 2.21. The maximum atomic E-state index is 12.5. The largest absolute Gasteiger partial charge is 0.324 e. The summed E-state index contributed by atoms with van der Waals surface area (Å²) in [6.07, 6.45) is 2.75. The fraction of sp³-hybridized carbons (Fsp3) is 0.167. The van der Waals surface area contributed by atoms with Crippen molar-refractivity contribution in [1.29, 1.82) is 0 Å². The first-order valence-corrected chi connectivity index (χ1v) is 8.19. The molecule has 0 aliphatic carbocycles. The van der Waals surface area contributed by atoms with Gasteiger partial charge in [0.2, 0.25) is 0 Å². The number of nitrogen functional groups attached to an aromatic ring is 1. The number of nitrogens with zero attached hydrogens (tertiary/aromatic N) is 2. The van der Waals surface area contributed by atoms with Crippen molar-refractivity contribution in [2.24, 2.45) is 5.84 Å². The summed E-state index contributed by atoms with van der Waals surface area (Å²) >= 11 is 3.14. The molecule has 1 aromatic heterocycles. The molecule has 1 heterocycles. The van der Waals surface area contributed by atoms with Crippen LogP contribution in [0, 0.1) is 13.8 Å². The first-order chi connectivity index (χ1) is 9.83. The van der Waals surface area contributed by atoms with Crippen molar-refractivity contribution in [3.8, 4) is 0 Å². The lowest BCUT2D eigenvalue weighted by molar-refractivity contribution is 0.600. The van der Waals surface area contributed by atoms with Gasteiger partial charge in [-0.25, -0.2) is 18.4 Å². The van der Waals surface area contributed by atoms with Crippen LogP contribution in [0.1, 0.15) is 11.1 Å². The third-order valence-electron chi connectivity index (χ3n) is 2.75. The van der Waals surface area contributed by atoms with Gasteiger partial charge in [-0.3, -0.25) is 10.6 Å². The zero-order chi connectivity index (χ0) is 15.6. The van der Waals surface area contributed by atoms with Crippen LogP contribution in [0.25, 0.3) is 0 Å². The van der Waals surface area contributed by atoms with Gasteiger partial charge < -0.3 is 5.43 Å². The van der Waals surface area contributed by atoms with E-state index in [9.17, 15) is 8.42 Å². The van der Waals surface area contributed by atoms with Gasteiger partial charge in [-0.2, -0.15) is 0 Å². The third kappa shape index (κ3) is 3.49. The van der Waals surface area contributed by atoms with Gasteiger partial charge in [-0.1, -0.05) is 0 Å². The maximum absolute atomic E-state index is 12.5. The van der Waals surface area contributed by atoms with Gasteiger partial charge in [0.15, 0.2) is 5.82 Å². The highest BCUT2D eigenvalue weighted by atomic mass is 79.9. The zero-order valence-electron chi connectivity index (χ0n) is 11.4. The summed E-state index contributed by atoms with van der Waals surface area (Å²) in [4.78, 5) is 8.08. The quantitative estimate of drug-likeness (QED) is 0.559. The minimum atomic E-state index is -3.75. The number of nitrogens with two attached hydrogens (primary N) is 1. The van der Waals surface area contributed by atoms with Gasteiger partial charge in [0.05, 0.1) is 17.3 Å². The molecule has 0 aliphatic heterocycles. The lowest BCUT2D eigenvalue weighted by Gasteiger charge is -2.14. The second kappa shape index (κ2) is 5.96. The molecule has 0 bridgehead atoms. The van der Waals surface area contributed by atoms with E-state index < -0.39 is 10.0 Å². The van der Waals surface area contributed by atoms with Gasteiger partial charge in [-0.05, 0) is 53.0 Å². The minimum Gasteiger partial charge on any atom is -0.324 e. The van der Waals surface area contributed by atoms with Crippen molar-refractivity contribution < 1.29 is 8.42 Å². The zero-order valence-corrected chi connectivity index (χ0v) is 13.8. The molecule has 0 unspecified atom stereocenters. The molecule has 7 nitrogen and oxygen atoms in total. The summed E-state index contributed by atoms with van der Waals surface area (Å²) in [6.45, 7) is 3.41. The molecular weight excluding hydrogens is 358 g/mol. The first-order valence-electron chi connectivity index (χ1n) is 5.91. The molecule has 0 radical (unpaired) electrons. The summed E-state index contributed by atoms with van der Waals surface area (Å²) in [5.74, 6) is 5.50. The molecule has 0 spiro atoms. The summed E-state index contributed by atoms with van der Waals surface area (Å²) in [7, 11) is -3.75. The summed E-state index contributed by atoms with van der Waals surface area (Å²) in [5.41, 5.74) is 4.31. The van der Waals surface area contributed by atoms with Crippen LogP contribution < -0.4 is 16.0 Å². The molecule has 0 saturated carbocycles. The predicted octanol–water partition coefficient (Wildman–Crippen LogP) is 1.94. The second-order valence-electron chi connectivity index (χ2n) is 4.41. The van der Waals surface area contributed by atoms with Crippen LogP contribution in [0.4, 0.5) is 11.5 Å². The molecule has 0 amide bonds. The minimum absolute atomic E-state index is 0.151. The van der Waals surface area contributed by atoms with E-state index in [2.05, 4.69) is 36.0 Å². The Morgan fingerprint density at radius 2 is 1.76 bits per heavy atom. The highest BCUT2D eigenvalue weighted by molar-refractivity contribution is 9.10. The number of halogens is 1.